The number of para-hydroxylation sites is 2. The molecule has 2 nitrogen and oxygen atoms in total. The number of benzene rings is 3. The van der Waals surface area contributed by atoms with Crippen LogP contribution < -0.4 is 0 Å². The highest BCUT2D eigenvalue weighted by molar-refractivity contribution is 14.1. The number of aryl methyl sites for hydroxylation is 1. The third-order valence-electron chi connectivity index (χ3n) is 4.64. The second-order valence-electron chi connectivity index (χ2n) is 5.73. The second kappa shape index (κ2) is 4.26. The highest BCUT2D eigenvalue weighted by Crippen LogP contribution is 2.39. The molecule has 0 amide bonds. The summed E-state index contributed by atoms with van der Waals surface area (Å²) in [6.07, 6.45) is 0. The van der Waals surface area contributed by atoms with Crippen molar-refractivity contribution in [3.8, 4) is 0 Å². The summed E-state index contributed by atoms with van der Waals surface area (Å²) in [6.45, 7) is 0. The van der Waals surface area contributed by atoms with Gasteiger partial charge in [0.25, 0.3) is 0 Å². The Morgan fingerprint density at radius 3 is 2.18 bits per heavy atom. The second-order valence-corrected chi connectivity index (χ2v) is 6.69. The van der Waals surface area contributed by atoms with Gasteiger partial charge in [-0.15, -0.1) is 0 Å². The van der Waals surface area contributed by atoms with Crippen molar-refractivity contribution < 1.29 is 0 Å². The van der Waals surface area contributed by atoms with Gasteiger partial charge in [-0.1, -0.05) is 42.5 Å². The van der Waals surface area contributed by atoms with E-state index in [2.05, 4.69) is 97.9 Å². The smallest absolute Gasteiger partial charge is 0.0646 e. The van der Waals surface area contributed by atoms with E-state index in [0.29, 0.717) is 0 Å². The number of halogens is 1. The summed E-state index contributed by atoms with van der Waals surface area (Å²) >= 11 is 2.40. The van der Waals surface area contributed by atoms with Crippen molar-refractivity contribution in [3.63, 3.8) is 0 Å². The van der Waals surface area contributed by atoms with Crippen LogP contribution in [0.15, 0.2) is 60.7 Å². The molecule has 0 radical (unpaired) electrons. The Hall–Kier alpha value is -2.01. The third-order valence-corrected chi connectivity index (χ3v) is 5.68. The standard InChI is InChI=1S/C19H13IN2/c1-21-15-8-4-2-6-12(15)13-10-11-17-18(19(13)21)14-7-3-5-9-16(14)22(17)20/h2-11H,1H3. The minimum absolute atomic E-state index is 1.27. The lowest BCUT2D eigenvalue weighted by Crippen LogP contribution is -1.87. The van der Waals surface area contributed by atoms with Crippen LogP contribution in [0.3, 0.4) is 0 Å². The molecule has 0 N–H and O–H groups in total. The van der Waals surface area contributed by atoms with Gasteiger partial charge in [0.2, 0.25) is 0 Å². The molecule has 3 aromatic carbocycles. The Morgan fingerprint density at radius 2 is 1.36 bits per heavy atom. The van der Waals surface area contributed by atoms with Crippen molar-refractivity contribution in [1.29, 1.82) is 0 Å². The van der Waals surface area contributed by atoms with Crippen LogP contribution in [0, 0.1) is 0 Å². The normalized spacial score (nSPS) is 12.1. The van der Waals surface area contributed by atoms with Gasteiger partial charge < -0.3 is 4.57 Å². The molecule has 0 aliphatic rings. The van der Waals surface area contributed by atoms with Crippen molar-refractivity contribution >= 4 is 66.5 Å². The minimum Gasteiger partial charge on any atom is -0.343 e. The van der Waals surface area contributed by atoms with Gasteiger partial charge in [0.15, 0.2) is 0 Å². The number of hydrogen-bond acceptors (Lipinski definition) is 0. The van der Waals surface area contributed by atoms with Gasteiger partial charge in [0.1, 0.15) is 0 Å². The first-order valence-corrected chi connectivity index (χ1v) is 8.29. The lowest BCUT2D eigenvalue weighted by atomic mass is 10.1. The lowest BCUT2D eigenvalue weighted by molar-refractivity contribution is 1.02. The van der Waals surface area contributed by atoms with E-state index in [1.807, 2.05) is 0 Å². The van der Waals surface area contributed by atoms with E-state index in [1.54, 1.807) is 0 Å². The molecule has 0 fully saturated rings. The maximum Gasteiger partial charge on any atom is 0.0646 e. The van der Waals surface area contributed by atoms with Gasteiger partial charge in [-0.05, 0) is 18.2 Å². The predicted octanol–water partition coefficient (Wildman–Crippen LogP) is 5.64. The topological polar surface area (TPSA) is 9.86 Å². The molecule has 2 aromatic heterocycles. The number of rotatable bonds is 0. The van der Waals surface area contributed by atoms with E-state index in [9.17, 15) is 0 Å². The van der Waals surface area contributed by atoms with Gasteiger partial charge >= 0.3 is 0 Å². The monoisotopic (exact) mass is 396 g/mol. The van der Waals surface area contributed by atoms with Crippen molar-refractivity contribution in [2.24, 2.45) is 7.05 Å². The SMILES string of the molecule is Cn1c2ccccc2c2ccc3c(c4ccccc4n3I)c21. The van der Waals surface area contributed by atoms with Crippen LogP contribution in [0.25, 0.3) is 43.6 Å². The molecule has 5 aromatic rings. The fourth-order valence-electron chi connectivity index (χ4n) is 3.68. The zero-order valence-corrected chi connectivity index (χ0v) is 14.2. The molecule has 0 bridgehead atoms. The Labute approximate surface area is 141 Å². The van der Waals surface area contributed by atoms with Crippen molar-refractivity contribution in [2.45, 2.75) is 0 Å². The van der Waals surface area contributed by atoms with E-state index in [0.717, 1.165) is 0 Å². The van der Waals surface area contributed by atoms with Crippen molar-refractivity contribution in [1.82, 2.24) is 7.35 Å². The molecule has 0 aliphatic heterocycles. The fourth-order valence-corrected chi connectivity index (χ4v) is 4.50. The number of nitrogens with zero attached hydrogens (tertiary/aromatic N) is 2. The van der Waals surface area contributed by atoms with Crippen LogP contribution in [-0.4, -0.2) is 7.35 Å². The summed E-state index contributed by atoms with van der Waals surface area (Å²) in [7, 11) is 2.17. The van der Waals surface area contributed by atoms with Gasteiger partial charge in [0.05, 0.1) is 39.4 Å². The van der Waals surface area contributed by atoms with E-state index in [4.69, 9.17) is 0 Å². The molecule has 5 rings (SSSR count). The number of aromatic nitrogens is 2. The first-order valence-electron chi connectivity index (χ1n) is 7.33. The highest BCUT2D eigenvalue weighted by Gasteiger charge is 2.16. The van der Waals surface area contributed by atoms with Crippen LogP contribution >= 0.6 is 22.9 Å². The number of hydrogen-bond donors (Lipinski definition) is 0. The maximum atomic E-state index is 2.40. The minimum atomic E-state index is 1.27. The summed E-state index contributed by atoms with van der Waals surface area (Å²) in [6, 6.07) is 21.8. The van der Waals surface area contributed by atoms with Crippen LogP contribution in [0.5, 0.6) is 0 Å². The summed E-state index contributed by atoms with van der Waals surface area (Å²) in [5.74, 6) is 0. The summed E-state index contributed by atoms with van der Waals surface area (Å²) < 4.78 is 4.59. The third kappa shape index (κ3) is 1.40. The van der Waals surface area contributed by atoms with Crippen molar-refractivity contribution in [2.75, 3.05) is 0 Å². The molecule has 106 valence electrons. The Kier molecular flexibility index (Phi) is 2.42. The number of fused-ring (bicyclic) bond motifs is 7. The molecule has 0 saturated heterocycles. The van der Waals surface area contributed by atoms with E-state index < -0.39 is 0 Å². The van der Waals surface area contributed by atoms with Crippen LogP contribution in [0.1, 0.15) is 0 Å². The molecular formula is C19H13IN2. The molecule has 3 heteroatoms. The maximum absolute atomic E-state index is 2.40. The highest BCUT2D eigenvalue weighted by atomic mass is 127. The van der Waals surface area contributed by atoms with Gasteiger partial charge in [-0.25, -0.2) is 0 Å². The average Bonchev–Trinajstić information content (AvgIpc) is 3.02. The van der Waals surface area contributed by atoms with Crippen LogP contribution in [-0.2, 0) is 7.05 Å². The first kappa shape index (κ1) is 12.5. The largest absolute Gasteiger partial charge is 0.343 e. The quantitative estimate of drug-likeness (QED) is 0.300. The average molecular weight is 396 g/mol. The molecule has 0 unspecified atom stereocenters. The zero-order chi connectivity index (χ0) is 14.8. The summed E-state index contributed by atoms with van der Waals surface area (Å²) in [5, 5.41) is 5.33. The van der Waals surface area contributed by atoms with E-state index >= 15 is 0 Å². The molecule has 0 spiro atoms. The molecule has 2 heterocycles. The van der Waals surface area contributed by atoms with E-state index in [1.165, 1.54) is 43.6 Å². The Balaban J connectivity index is 2.20. The van der Waals surface area contributed by atoms with Gasteiger partial charge in [-0.3, -0.25) is 2.78 Å². The molecule has 0 saturated carbocycles. The fraction of sp³-hybridized carbons (Fsp3) is 0.0526. The first-order chi connectivity index (χ1) is 10.8. The lowest BCUT2D eigenvalue weighted by Gasteiger charge is -2.01. The van der Waals surface area contributed by atoms with Crippen LogP contribution in [0.4, 0.5) is 0 Å². The zero-order valence-electron chi connectivity index (χ0n) is 12.0. The predicted molar refractivity (Wildman–Crippen MR) is 103 cm³/mol. The van der Waals surface area contributed by atoms with Crippen LogP contribution in [0.2, 0.25) is 0 Å². The van der Waals surface area contributed by atoms with Gasteiger partial charge in [-0.2, -0.15) is 0 Å². The summed E-state index contributed by atoms with van der Waals surface area (Å²) in [5.41, 5.74) is 5.16. The Bertz CT molecular complexity index is 1190. The molecule has 0 aliphatic carbocycles. The van der Waals surface area contributed by atoms with Crippen molar-refractivity contribution in [3.05, 3.63) is 60.7 Å². The van der Waals surface area contributed by atoms with E-state index in [-0.39, 0.29) is 0 Å². The molecule has 22 heavy (non-hydrogen) atoms. The molecule has 0 atom stereocenters. The Morgan fingerprint density at radius 1 is 0.682 bits per heavy atom. The molecular weight excluding hydrogens is 383 g/mol. The summed E-state index contributed by atoms with van der Waals surface area (Å²) in [4.78, 5) is 0. The van der Waals surface area contributed by atoms with Gasteiger partial charge in [0, 0.05) is 34.1 Å².